The van der Waals surface area contributed by atoms with Crippen molar-refractivity contribution in [2.24, 2.45) is 10.4 Å². The third kappa shape index (κ3) is 5.13. The number of fused-ring (bicyclic) bond motifs is 2. The van der Waals surface area contributed by atoms with Crippen LogP contribution < -0.4 is 29.2 Å². The van der Waals surface area contributed by atoms with Gasteiger partial charge in [-0.15, -0.1) is 4.91 Å². The molecule has 2 aliphatic rings. The van der Waals surface area contributed by atoms with Gasteiger partial charge in [-0.3, -0.25) is 0 Å². The van der Waals surface area contributed by atoms with Crippen LogP contribution >= 0.6 is 23.2 Å². The summed E-state index contributed by atoms with van der Waals surface area (Å²) in [5.41, 5.74) is -0.382. The molecule has 2 aromatic carbocycles. The standard InChI is InChI=1S/C15H15Cl2N7O9S4/c16-8-1-10-14(3-12(8)34(18,26)27)36(30,31)20-6-23(10)5-19-35(28,29)13-4-15-11(2-9(13)17)24(22-25)7-21-37(15,32)33/h1-4,19-21H,5-7H2,(H2,18,26,27). The van der Waals surface area contributed by atoms with Crippen LogP contribution in [-0.2, 0) is 40.1 Å². The molecule has 0 spiro atoms. The molecular formula is C15H15Cl2N7O9S4. The fraction of sp³-hybridized carbons (Fsp3) is 0.200. The monoisotopic (exact) mass is 635 g/mol. The minimum Gasteiger partial charge on any atom is -0.343 e. The van der Waals surface area contributed by atoms with Gasteiger partial charge in [0, 0.05) is 0 Å². The molecular weight excluding hydrogens is 621 g/mol. The van der Waals surface area contributed by atoms with Crippen molar-refractivity contribution in [2.45, 2.75) is 19.6 Å². The fourth-order valence-electron chi connectivity index (χ4n) is 3.44. The van der Waals surface area contributed by atoms with E-state index in [4.69, 9.17) is 28.3 Å². The third-order valence-electron chi connectivity index (χ3n) is 5.21. The van der Waals surface area contributed by atoms with Crippen molar-refractivity contribution in [2.75, 3.05) is 29.9 Å². The number of nitrogens with zero attached hydrogens (tertiary/aromatic N) is 3. The van der Waals surface area contributed by atoms with Gasteiger partial charge in [-0.05, 0) is 24.3 Å². The lowest BCUT2D eigenvalue weighted by molar-refractivity contribution is 0.563. The van der Waals surface area contributed by atoms with Crippen LogP contribution in [0.25, 0.3) is 0 Å². The maximum Gasteiger partial charge on any atom is 0.244 e. The smallest absolute Gasteiger partial charge is 0.244 e. The van der Waals surface area contributed by atoms with Crippen molar-refractivity contribution in [1.82, 2.24) is 14.2 Å². The van der Waals surface area contributed by atoms with Gasteiger partial charge >= 0.3 is 0 Å². The summed E-state index contributed by atoms with van der Waals surface area (Å²) >= 11 is 12.1. The lowest BCUT2D eigenvalue weighted by Crippen LogP contribution is -2.48. The predicted octanol–water partition coefficient (Wildman–Crippen LogP) is -0.630. The molecule has 0 bridgehead atoms. The van der Waals surface area contributed by atoms with E-state index < -0.39 is 89.7 Å². The second kappa shape index (κ2) is 9.25. The van der Waals surface area contributed by atoms with Gasteiger partial charge in [0.2, 0.25) is 40.1 Å². The lowest BCUT2D eigenvalue weighted by atomic mass is 10.3. The SMILES string of the molecule is NS(=O)(=O)c1cc2c(cc1Cl)N(CNS(=O)(=O)c1cc3c(cc1Cl)N(N=O)CNS3(=O)=O)CNS2(=O)=O. The van der Waals surface area contributed by atoms with Crippen LogP contribution in [0.3, 0.4) is 0 Å². The number of nitrogens with one attached hydrogen (secondary N) is 3. The summed E-state index contributed by atoms with van der Waals surface area (Å²) in [4.78, 5) is 9.76. The summed E-state index contributed by atoms with van der Waals surface area (Å²) < 4.78 is 106. The molecule has 2 aromatic rings. The average Bonchev–Trinajstić information content (AvgIpc) is 2.77. The highest BCUT2D eigenvalue weighted by Gasteiger charge is 2.34. The largest absolute Gasteiger partial charge is 0.343 e. The van der Waals surface area contributed by atoms with E-state index in [0.29, 0.717) is 0 Å². The molecule has 0 radical (unpaired) electrons. The third-order valence-corrected chi connectivity index (χ3v) is 11.3. The van der Waals surface area contributed by atoms with Crippen molar-refractivity contribution in [3.05, 3.63) is 39.2 Å². The van der Waals surface area contributed by atoms with Gasteiger partial charge in [0.05, 0.1) is 40.0 Å². The molecule has 2 aliphatic heterocycles. The van der Waals surface area contributed by atoms with E-state index in [1.54, 1.807) is 0 Å². The molecule has 2 heterocycles. The van der Waals surface area contributed by atoms with Gasteiger partial charge in [-0.1, -0.05) is 23.2 Å². The Morgan fingerprint density at radius 2 is 1.41 bits per heavy atom. The van der Waals surface area contributed by atoms with Gasteiger partial charge in [0.15, 0.2) is 0 Å². The molecule has 0 aliphatic carbocycles. The van der Waals surface area contributed by atoms with Crippen molar-refractivity contribution >= 4 is 74.7 Å². The van der Waals surface area contributed by atoms with E-state index in [1.807, 2.05) is 4.72 Å². The predicted molar refractivity (Wildman–Crippen MR) is 131 cm³/mol. The Labute approximate surface area is 220 Å². The van der Waals surface area contributed by atoms with Gasteiger partial charge < -0.3 is 4.90 Å². The summed E-state index contributed by atoms with van der Waals surface area (Å²) in [6.07, 6.45) is 0. The molecule has 4 rings (SSSR count). The molecule has 202 valence electrons. The number of benzene rings is 2. The number of rotatable bonds is 6. The molecule has 16 nitrogen and oxygen atoms in total. The lowest BCUT2D eigenvalue weighted by Gasteiger charge is -2.32. The van der Waals surface area contributed by atoms with E-state index in [1.165, 1.54) is 0 Å². The first-order valence-corrected chi connectivity index (χ1v) is 16.3. The zero-order chi connectivity index (χ0) is 27.6. The molecule has 0 atom stereocenters. The molecule has 5 N–H and O–H groups in total. The fourth-order valence-corrected chi connectivity index (χ4v) is 8.59. The number of anilines is 2. The quantitative estimate of drug-likeness (QED) is 0.291. The topological polar surface area (TPSA) is 235 Å². The summed E-state index contributed by atoms with van der Waals surface area (Å²) in [5.74, 6) is 0. The van der Waals surface area contributed by atoms with E-state index in [-0.39, 0.29) is 11.4 Å². The highest BCUT2D eigenvalue weighted by molar-refractivity contribution is 7.91. The normalized spacial score (nSPS) is 18.7. The molecule has 37 heavy (non-hydrogen) atoms. The number of halogens is 2. The Kier molecular flexibility index (Phi) is 6.97. The van der Waals surface area contributed by atoms with E-state index in [2.05, 4.69) is 14.7 Å². The Hall–Kier alpha value is -2.14. The highest BCUT2D eigenvalue weighted by Crippen LogP contribution is 2.37. The number of hydrogen-bond donors (Lipinski definition) is 4. The van der Waals surface area contributed by atoms with Crippen molar-refractivity contribution < 1.29 is 33.7 Å². The Balaban J connectivity index is 1.70. The zero-order valence-electron chi connectivity index (χ0n) is 17.9. The summed E-state index contributed by atoms with van der Waals surface area (Å²) in [7, 11) is -17.3. The number of hydrogen-bond acceptors (Lipinski definition) is 11. The summed E-state index contributed by atoms with van der Waals surface area (Å²) in [5, 5.41) is 7.62. The molecule has 22 heteroatoms. The van der Waals surface area contributed by atoms with Crippen LogP contribution in [0.1, 0.15) is 0 Å². The van der Waals surface area contributed by atoms with E-state index in [0.717, 1.165) is 34.2 Å². The van der Waals surface area contributed by atoms with Crippen LogP contribution in [0.4, 0.5) is 11.4 Å². The average molecular weight is 636 g/mol. The Bertz CT molecular complexity index is 1760. The zero-order valence-corrected chi connectivity index (χ0v) is 22.7. The first-order chi connectivity index (χ1) is 17.0. The van der Waals surface area contributed by atoms with E-state index >= 15 is 0 Å². The first kappa shape index (κ1) is 27.9. The number of sulfonamides is 4. The summed E-state index contributed by atoms with van der Waals surface area (Å²) in [6, 6.07) is 3.42. The highest BCUT2D eigenvalue weighted by atomic mass is 35.5. The van der Waals surface area contributed by atoms with Crippen LogP contribution in [-0.4, -0.2) is 53.7 Å². The second-order valence-electron chi connectivity index (χ2n) is 7.48. The van der Waals surface area contributed by atoms with Crippen molar-refractivity contribution in [3.63, 3.8) is 0 Å². The Morgan fingerprint density at radius 3 is 2.00 bits per heavy atom. The molecule has 0 unspecified atom stereocenters. The van der Waals surface area contributed by atoms with Gasteiger partial charge in [-0.25, -0.2) is 43.8 Å². The van der Waals surface area contributed by atoms with Gasteiger partial charge in [0.25, 0.3) is 0 Å². The molecule has 0 amide bonds. The minimum absolute atomic E-state index is 0.144. The maximum atomic E-state index is 13.0. The van der Waals surface area contributed by atoms with Gasteiger partial charge in [-0.2, -0.15) is 14.2 Å². The number of nitroso groups, excluding NO2 is 1. The first-order valence-electron chi connectivity index (χ1n) is 9.52. The van der Waals surface area contributed by atoms with E-state index in [9.17, 15) is 38.6 Å². The van der Waals surface area contributed by atoms with Crippen LogP contribution in [0.2, 0.25) is 10.0 Å². The molecule has 0 aromatic heterocycles. The molecule has 0 saturated carbocycles. The number of nitrogens with two attached hydrogens (primary N) is 1. The van der Waals surface area contributed by atoms with Crippen LogP contribution in [0.15, 0.2) is 49.1 Å². The maximum absolute atomic E-state index is 13.0. The van der Waals surface area contributed by atoms with Crippen LogP contribution in [0.5, 0.6) is 0 Å². The molecule has 0 saturated heterocycles. The minimum atomic E-state index is -4.54. The number of primary sulfonamides is 1. The van der Waals surface area contributed by atoms with Crippen molar-refractivity contribution in [3.8, 4) is 0 Å². The van der Waals surface area contributed by atoms with Crippen LogP contribution in [0, 0.1) is 4.91 Å². The summed E-state index contributed by atoms with van der Waals surface area (Å²) in [6.45, 7) is -1.53. The molecule has 0 fully saturated rings. The second-order valence-corrected chi connectivity index (χ2v) is 15.0. The van der Waals surface area contributed by atoms with Crippen molar-refractivity contribution in [1.29, 1.82) is 0 Å². The Morgan fingerprint density at radius 1 is 0.892 bits per heavy atom. The van der Waals surface area contributed by atoms with Gasteiger partial charge in [0.1, 0.15) is 26.3 Å².